The lowest BCUT2D eigenvalue weighted by Crippen LogP contribution is -2.40. The molecular weight excluding hydrogens is 473 g/mol. The molecule has 2 amide bonds. The van der Waals surface area contributed by atoms with Gasteiger partial charge in [-0.1, -0.05) is 48.5 Å². The molecule has 0 saturated carbocycles. The molecule has 0 spiro atoms. The first-order valence-corrected chi connectivity index (χ1v) is 12.2. The quantitative estimate of drug-likeness (QED) is 0.288. The summed E-state index contributed by atoms with van der Waals surface area (Å²) in [6.45, 7) is 2.27. The number of rotatable bonds is 8. The predicted octanol–water partition coefficient (Wildman–Crippen LogP) is 4.26. The maximum absolute atomic E-state index is 13.3. The fourth-order valence-corrected chi connectivity index (χ4v) is 4.92. The van der Waals surface area contributed by atoms with Crippen LogP contribution in [0.4, 0.5) is 9.18 Å². The van der Waals surface area contributed by atoms with Gasteiger partial charge < -0.3 is 20.7 Å². The molecule has 9 heteroatoms. The molecule has 1 aliphatic rings. The van der Waals surface area contributed by atoms with Crippen molar-refractivity contribution in [3.05, 3.63) is 90.0 Å². The van der Waals surface area contributed by atoms with Crippen molar-refractivity contribution in [3.63, 3.8) is 0 Å². The number of carboxylic acid groups (broad SMARTS) is 1. The molecule has 2 atom stereocenters. The van der Waals surface area contributed by atoms with Gasteiger partial charge in [-0.3, -0.25) is 9.69 Å². The van der Waals surface area contributed by atoms with Crippen molar-refractivity contribution in [1.82, 2.24) is 25.5 Å². The monoisotopic (exact) mass is 501 g/mol. The zero-order chi connectivity index (χ0) is 25.8. The number of nitrogens with one attached hydrogen (secondary N) is 3. The van der Waals surface area contributed by atoms with Gasteiger partial charge in [-0.2, -0.15) is 0 Å². The molecule has 1 fully saturated rings. The number of aromatic amines is 1. The van der Waals surface area contributed by atoms with Gasteiger partial charge in [0.2, 0.25) is 0 Å². The van der Waals surface area contributed by atoms with E-state index in [4.69, 9.17) is 5.11 Å². The second-order valence-corrected chi connectivity index (χ2v) is 9.39. The van der Waals surface area contributed by atoms with Gasteiger partial charge in [0.25, 0.3) is 5.91 Å². The van der Waals surface area contributed by atoms with E-state index in [1.54, 1.807) is 12.1 Å². The zero-order valence-electron chi connectivity index (χ0n) is 20.2. The lowest BCUT2D eigenvalue weighted by molar-refractivity contribution is 0.0930. The van der Waals surface area contributed by atoms with Crippen LogP contribution in [0.25, 0.3) is 22.2 Å². The summed E-state index contributed by atoms with van der Waals surface area (Å²) in [5.41, 5.74) is 4.30. The highest BCUT2D eigenvalue weighted by Gasteiger charge is 2.32. The Balaban J connectivity index is 1.26. The summed E-state index contributed by atoms with van der Waals surface area (Å²) >= 11 is 0. The number of nitrogens with zero attached hydrogens (tertiary/aromatic N) is 2. The van der Waals surface area contributed by atoms with E-state index in [1.807, 2.05) is 36.4 Å². The van der Waals surface area contributed by atoms with Crippen LogP contribution in [-0.2, 0) is 6.54 Å². The van der Waals surface area contributed by atoms with Gasteiger partial charge in [0.05, 0.1) is 11.0 Å². The van der Waals surface area contributed by atoms with E-state index in [0.717, 1.165) is 36.2 Å². The normalized spacial score (nSPS) is 17.6. The Kier molecular flexibility index (Phi) is 7.14. The molecule has 8 nitrogen and oxygen atoms in total. The molecule has 1 aromatic heterocycles. The van der Waals surface area contributed by atoms with Gasteiger partial charge in [0, 0.05) is 32.2 Å². The van der Waals surface area contributed by atoms with Crippen LogP contribution >= 0.6 is 0 Å². The minimum Gasteiger partial charge on any atom is -0.465 e. The van der Waals surface area contributed by atoms with Crippen LogP contribution in [0.1, 0.15) is 22.6 Å². The third kappa shape index (κ3) is 5.95. The first-order valence-electron chi connectivity index (χ1n) is 12.2. The summed E-state index contributed by atoms with van der Waals surface area (Å²) in [6, 6.07) is 22.0. The minimum absolute atomic E-state index is 0.0687. The molecule has 3 aromatic carbocycles. The van der Waals surface area contributed by atoms with Crippen LogP contribution in [0.3, 0.4) is 0 Å². The number of benzene rings is 3. The van der Waals surface area contributed by atoms with Gasteiger partial charge in [-0.25, -0.2) is 14.2 Å². The largest absolute Gasteiger partial charge is 0.465 e. The summed E-state index contributed by atoms with van der Waals surface area (Å²) in [5, 5.41) is 14.5. The topological polar surface area (TPSA) is 110 Å². The zero-order valence-corrected chi connectivity index (χ0v) is 20.2. The Labute approximate surface area is 213 Å². The van der Waals surface area contributed by atoms with Gasteiger partial charge in [0.1, 0.15) is 5.82 Å². The van der Waals surface area contributed by atoms with E-state index in [-0.39, 0.29) is 29.5 Å². The highest BCUT2D eigenvalue weighted by atomic mass is 19.1. The number of likely N-dealkylation sites (tertiary alicyclic amines) is 1. The predicted molar refractivity (Wildman–Crippen MR) is 139 cm³/mol. The smallest absolute Gasteiger partial charge is 0.404 e. The molecule has 2 heterocycles. The number of hydrogen-bond donors (Lipinski definition) is 4. The number of imidazole rings is 1. The first kappa shape index (κ1) is 24.5. The average Bonchev–Trinajstić information content (AvgIpc) is 3.50. The molecule has 1 saturated heterocycles. The SMILES string of the molecule is O=C(O)NC[C@H]1C[C@@H](CNC(=O)c2nc3cc(-c4ccc(F)cc4)ccc3[nH]2)N(Cc2ccccc2)C1. The van der Waals surface area contributed by atoms with Gasteiger partial charge in [0.15, 0.2) is 5.82 Å². The van der Waals surface area contributed by atoms with Crippen LogP contribution in [0.15, 0.2) is 72.8 Å². The summed E-state index contributed by atoms with van der Waals surface area (Å²) in [4.78, 5) is 33.8. The third-order valence-corrected chi connectivity index (χ3v) is 6.76. The molecule has 5 rings (SSSR count). The Morgan fingerprint density at radius 3 is 2.51 bits per heavy atom. The second kappa shape index (κ2) is 10.8. The van der Waals surface area contributed by atoms with Crippen molar-refractivity contribution in [2.75, 3.05) is 19.6 Å². The van der Waals surface area contributed by atoms with Crippen molar-refractivity contribution in [3.8, 4) is 11.1 Å². The maximum atomic E-state index is 13.3. The molecule has 37 heavy (non-hydrogen) atoms. The number of H-pyrrole nitrogens is 1. The number of halogens is 1. The maximum Gasteiger partial charge on any atom is 0.404 e. The minimum atomic E-state index is -1.03. The average molecular weight is 502 g/mol. The van der Waals surface area contributed by atoms with Crippen molar-refractivity contribution < 1.29 is 19.1 Å². The van der Waals surface area contributed by atoms with E-state index < -0.39 is 6.09 Å². The fourth-order valence-electron chi connectivity index (χ4n) is 4.92. The number of aromatic nitrogens is 2. The summed E-state index contributed by atoms with van der Waals surface area (Å²) in [7, 11) is 0. The summed E-state index contributed by atoms with van der Waals surface area (Å²) in [5.74, 6) is -0.204. The van der Waals surface area contributed by atoms with E-state index in [2.05, 4.69) is 37.6 Å². The highest BCUT2D eigenvalue weighted by Crippen LogP contribution is 2.26. The van der Waals surface area contributed by atoms with E-state index in [1.165, 1.54) is 17.7 Å². The highest BCUT2D eigenvalue weighted by molar-refractivity contribution is 5.95. The van der Waals surface area contributed by atoms with E-state index >= 15 is 0 Å². The Bertz CT molecular complexity index is 1390. The molecule has 190 valence electrons. The van der Waals surface area contributed by atoms with Crippen molar-refractivity contribution >= 4 is 23.0 Å². The van der Waals surface area contributed by atoms with Crippen LogP contribution in [-0.4, -0.2) is 57.7 Å². The molecule has 0 unspecified atom stereocenters. The molecule has 0 aliphatic carbocycles. The van der Waals surface area contributed by atoms with Gasteiger partial charge >= 0.3 is 6.09 Å². The lowest BCUT2D eigenvalue weighted by atomic mass is 10.1. The molecule has 1 aliphatic heterocycles. The van der Waals surface area contributed by atoms with Crippen molar-refractivity contribution in [2.24, 2.45) is 5.92 Å². The number of amides is 2. The Morgan fingerprint density at radius 1 is 1.00 bits per heavy atom. The standard InChI is InChI=1S/C28H28FN5O3/c29-22-9-6-20(7-10-22)21-8-11-24-25(13-21)33-26(32-24)27(35)30-15-23-12-19(14-31-28(36)37)17-34(23)16-18-4-2-1-3-5-18/h1-11,13,19,23,31H,12,14-17H2,(H,30,35)(H,32,33)(H,36,37)/t19-,23+/m1/s1. The van der Waals surface area contributed by atoms with Crippen LogP contribution < -0.4 is 10.6 Å². The molecular formula is C28H28FN5O3. The van der Waals surface area contributed by atoms with Gasteiger partial charge in [-0.15, -0.1) is 0 Å². The molecule has 0 bridgehead atoms. The van der Waals surface area contributed by atoms with Crippen LogP contribution in [0.2, 0.25) is 0 Å². The van der Waals surface area contributed by atoms with E-state index in [9.17, 15) is 14.0 Å². The molecule has 4 aromatic rings. The van der Waals surface area contributed by atoms with Crippen molar-refractivity contribution in [1.29, 1.82) is 0 Å². The second-order valence-electron chi connectivity index (χ2n) is 9.39. The number of carbonyl (C=O) groups excluding carboxylic acids is 1. The Morgan fingerprint density at radius 2 is 1.76 bits per heavy atom. The number of fused-ring (bicyclic) bond motifs is 1. The third-order valence-electron chi connectivity index (χ3n) is 6.76. The number of carbonyl (C=O) groups is 2. The Hall–Kier alpha value is -4.24. The van der Waals surface area contributed by atoms with Crippen LogP contribution in [0.5, 0.6) is 0 Å². The molecule has 0 radical (unpaired) electrons. The van der Waals surface area contributed by atoms with E-state index in [0.29, 0.717) is 18.6 Å². The van der Waals surface area contributed by atoms with Crippen molar-refractivity contribution in [2.45, 2.75) is 19.0 Å². The fraction of sp³-hybridized carbons (Fsp3) is 0.250. The first-order chi connectivity index (χ1) is 17.9. The van der Waals surface area contributed by atoms with Crippen LogP contribution in [0, 0.1) is 11.7 Å². The summed E-state index contributed by atoms with van der Waals surface area (Å²) < 4.78 is 13.3. The van der Waals surface area contributed by atoms with Gasteiger partial charge in [-0.05, 0) is 53.3 Å². The lowest BCUT2D eigenvalue weighted by Gasteiger charge is -2.24. The number of hydrogen-bond acceptors (Lipinski definition) is 4. The summed E-state index contributed by atoms with van der Waals surface area (Å²) in [6.07, 6.45) is -0.256. The molecule has 4 N–H and O–H groups in total.